The Kier molecular flexibility index (Phi) is 4.54. The first-order chi connectivity index (χ1) is 9.97. The van der Waals surface area contributed by atoms with Crippen LogP contribution in [0.1, 0.15) is 17.3 Å². The first kappa shape index (κ1) is 15.0. The average Bonchev–Trinajstić information content (AvgIpc) is 2.42. The number of amides is 1. The van der Waals surface area contributed by atoms with E-state index in [1.54, 1.807) is 24.3 Å². The van der Waals surface area contributed by atoms with Gasteiger partial charge in [-0.15, -0.1) is 0 Å². The second-order valence-corrected chi connectivity index (χ2v) is 5.01. The summed E-state index contributed by atoms with van der Waals surface area (Å²) in [6.45, 7) is 1.37. The minimum atomic E-state index is -1.16. The number of rotatable bonds is 4. The van der Waals surface area contributed by atoms with Crippen LogP contribution in [0.15, 0.2) is 41.0 Å². The van der Waals surface area contributed by atoms with E-state index < -0.39 is 5.97 Å². The lowest BCUT2D eigenvalue weighted by Gasteiger charge is -2.12. The maximum atomic E-state index is 11.2. The summed E-state index contributed by atoms with van der Waals surface area (Å²) in [5.74, 6) is -1.15. The molecule has 0 saturated carbocycles. The van der Waals surface area contributed by atoms with Crippen LogP contribution in [0.2, 0.25) is 0 Å². The maximum absolute atomic E-state index is 11.2. The molecule has 1 heterocycles. The van der Waals surface area contributed by atoms with Crippen LogP contribution in [0.25, 0.3) is 0 Å². The van der Waals surface area contributed by atoms with Gasteiger partial charge in [-0.2, -0.15) is 0 Å². The van der Waals surface area contributed by atoms with Gasteiger partial charge < -0.3 is 15.2 Å². The first-order valence-corrected chi connectivity index (χ1v) is 6.70. The molecule has 7 heteroatoms. The molecule has 0 aliphatic carbocycles. The van der Waals surface area contributed by atoms with Gasteiger partial charge in [-0.1, -0.05) is 12.1 Å². The van der Waals surface area contributed by atoms with Gasteiger partial charge in [0.1, 0.15) is 5.56 Å². The number of aromatic carboxylic acids is 1. The molecule has 2 rings (SSSR count). The summed E-state index contributed by atoms with van der Waals surface area (Å²) >= 11 is 3.16. The maximum Gasteiger partial charge on any atom is 0.341 e. The Morgan fingerprint density at radius 1 is 1.33 bits per heavy atom. The molecule has 0 radical (unpaired) electrons. The van der Waals surface area contributed by atoms with E-state index in [1.165, 1.54) is 19.2 Å². The van der Waals surface area contributed by atoms with E-state index in [1.807, 2.05) is 0 Å². The Labute approximate surface area is 128 Å². The zero-order valence-corrected chi connectivity index (χ0v) is 12.5. The van der Waals surface area contributed by atoms with Gasteiger partial charge in [0.25, 0.3) is 0 Å². The third-order valence-electron chi connectivity index (χ3n) is 2.45. The number of anilines is 1. The quantitative estimate of drug-likeness (QED) is 0.882. The molecule has 0 unspecified atom stereocenters. The van der Waals surface area contributed by atoms with Crippen LogP contribution < -0.4 is 10.1 Å². The number of nitrogens with zero attached hydrogens (tertiary/aromatic N) is 1. The van der Waals surface area contributed by atoms with Gasteiger partial charge in [0.15, 0.2) is 5.75 Å². The van der Waals surface area contributed by atoms with E-state index in [0.717, 1.165) is 0 Å². The Balaban J connectivity index is 2.39. The molecule has 0 saturated heterocycles. The van der Waals surface area contributed by atoms with E-state index in [0.29, 0.717) is 15.9 Å². The fourth-order valence-electron chi connectivity index (χ4n) is 1.61. The van der Waals surface area contributed by atoms with Crippen molar-refractivity contribution in [3.63, 3.8) is 0 Å². The Bertz CT molecular complexity index is 703. The number of nitrogens with one attached hydrogen (secondary N) is 1. The van der Waals surface area contributed by atoms with Crippen LogP contribution in [0.3, 0.4) is 0 Å². The van der Waals surface area contributed by atoms with Crippen molar-refractivity contribution >= 4 is 33.5 Å². The van der Waals surface area contributed by atoms with Gasteiger partial charge in [0.2, 0.25) is 11.8 Å². The molecule has 1 amide bonds. The third kappa shape index (κ3) is 3.79. The largest absolute Gasteiger partial charge is 0.477 e. The van der Waals surface area contributed by atoms with Crippen LogP contribution in [0.5, 0.6) is 11.6 Å². The van der Waals surface area contributed by atoms with Gasteiger partial charge in [0, 0.05) is 17.6 Å². The van der Waals surface area contributed by atoms with Crippen LogP contribution in [-0.4, -0.2) is 22.0 Å². The Hall–Kier alpha value is -2.41. The highest BCUT2D eigenvalue weighted by Crippen LogP contribution is 2.31. The lowest BCUT2D eigenvalue weighted by atomic mass is 10.2. The van der Waals surface area contributed by atoms with Crippen LogP contribution >= 0.6 is 15.9 Å². The summed E-state index contributed by atoms with van der Waals surface area (Å²) in [6, 6.07) is 8.09. The van der Waals surface area contributed by atoms with Gasteiger partial charge in [0.05, 0.1) is 5.69 Å². The number of hydrogen-bond acceptors (Lipinski definition) is 4. The molecule has 0 bridgehead atoms. The van der Waals surface area contributed by atoms with Crippen LogP contribution in [0, 0.1) is 0 Å². The molecule has 2 aromatic rings. The summed E-state index contributed by atoms with van der Waals surface area (Å²) in [4.78, 5) is 26.3. The van der Waals surface area contributed by atoms with E-state index >= 15 is 0 Å². The molecule has 1 aromatic heterocycles. The van der Waals surface area contributed by atoms with E-state index in [-0.39, 0.29) is 17.4 Å². The fourth-order valence-corrected chi connectivity index (χ4v) is 1.95. The fraction of sp³-hybridized carbons (Fsp3) is 0.0714. The molecular weight excluding hydrogens is 340 g/mol. The molecule has 0 fully saturated rings. The predicted octanol–water partition coefficient (Wildman–Crippen LogP) is 3.29. The number of hydrogen-bond donors (Lipinski definition) is 2. The number of carboxylic acid groups (broad SMARTS) is 1. The number of benzene rings is 1. The van der Waals surface area contributed by atoms with Crippen molar-refractivity contribution in [2.45, 2.75) is 6.92 Å². The zero-order valence-electron chi connectivity index (χ0n) is 11.0. The summed E-state index contributed by atoms with van der Waals surface area (Å²) in [6.07, 6.45) is 1.43. The number of halogens is 1. The molecule has 0 aliphatic heterocycles. The first-order valence-electron chi connectivity index (χ1n) is 5.90. The highest BCUT2D eigenvalue weighted by molar-refractivity contribution is 9.10. The number of carbonyl (C=O) groups is 2. The van der Waals surface area contributed by atoms with Crippen molar-refractivity contribution in [2.75, 3.05) is 5.32 Å². The number of para-hydroxylation sites is 2. The SMILES string of the molecule is CC(=O)Nc1ccccc1Oc1ncc(Br)cc1C(=O)O. The van der Waals surface area contributed by atoms with Crippen molar-refractivity contribution in [1.29, 1.82) is 0 Å². The highest BCUT2D eigenvalue weighted by Gasteiger charge is 2.16. The molecule has 0 atom stereocenters. The summed E-state index contributed by atoms with van der Waals surface area (Å²) < 4.78 is 6.06. The minimum absolute atomic E-state index is 0.0523. The predicted molar refractivity (Wildman–Crippen MR) is 79.7 cm³/mol. The molecule has 1 aromatic carbocycles. The van der Waals surface area contributed by atoms with Gasteiger partial charge >= 0.3 is 5.97 Å². The number of carboxylic acids is 1. The topological polar surface area (TPSA) is 88.5 Å². The second kappa shape index (κ2) is 6.36. The van der Waals surface area contributed by atoms with Crippen LogP contribution in [-0.2, 0) is 4.79 Å². The monoisotopic (exact) mass is 350 g/mol. The van der Waals surface area contributed by atoms with E-state index in [9.17, 15) is 14.7 Å². The smallest absolute Gasteiger partial charge is 0.341 e. The number of ether oxygens (including phenoxy) is 1. The van der Waals surface area contributed by atoms with Crippen molar-refractivity contribution < 1.29 is 19.4 Å². The van der Waals surface area contributed by atoms with Gasteiger partial charge in [-0.05, 0) is 34.1 Å². The molecule has 6 nitrogen and oxygen atoms in total. The lowest BCUT2D eigenvalue weighted by molar-refractivity contribution is -0.114. The van der Waals surface area contributed by atoms with Gasteiger partial charge in [-0.25, -0.2) is 9.78 Å². The van der Waals surface area contributed by atoms with Gasteiger partial charge in [-0.3, -0.25) is 4.79 Å². The van der Waals surface area contributed by atoms with Crippen molar-refractivity contribution in [1.82, 2.24) is 4.98 Å². The molecule has 0 spiro atoms. The highest BCUT2D eigenvalue weighted by atomic mass is 79.9. The zero-order chi connectivity index (χ0) is 15.4. The standard InChI is InChI=1S/C14H11BrN2O4/c1-8(18)17-11-4-2-3-5-12(11)21-13-10(14(19)20)6-9(15)7-16-13/h2-7H,1H3,(H,17,18)(H,19,20). The Morgan fingerprint density at radius 2 is 2.05 bits per heavy atom. The molecule has 0 aliphatic rings. The summed E-state index contributed by atoms with van der Waals surface area (Å²) in [7, 11) is 0. The van der Waals surface area contributed by atoms with Crippen molar-refractivity contribution in [2.24, 2.45) is 0 Å². The second-order valence-electron chi connectivity index (χ2n) is 4.09. The molecule has 108 valence electrons. The average molecular weight is 351 g/mol. The third-order valence-corrected chi connectivity index (χ3v) is 2.89. The molecular formula is C14H11BrN2O4. The number of aromatic nitrogens is 1. The normalized spacial score (nSPS) is 10.0. The molecule has 2 N–H and O–H groups in total. The Morgan fingerprint density at radius 3 is 2.71 bits per heavy atom. The minimum Gasteiger partial charge on any atom is -0.477 e. The lowest BCUT2D eigenvalue weighted by Crippen LogP contribution is -2.08. The molecule has 21 heavy (non-hydrogen) atoms. The van der Waals surface area contributed by atoms with Crippen LogP contribution in [0.4, 0.5) is 5.69 Å². The van der Waals surface area contributed by atoms with E-state index in [2.05, 4.69) is 26.2 Å². The number of pyridine rings is 1. The summed E-state index contributed by atoms with van der Waals surface area (Å²) in [5.41, 5.74) is 0.355. The van der Waals surface area contributed by atoms with Crippen molar-refractivity contribution in [3.05, 3.63) is 46.6 Å². The number of carbonyl (C=O) groups excluding carboxylic acids is 1. The van der Waals surface area contributed by atoms with Crippen molar-refractivity contribution in [3.8, 4) is 11.6 Å². The summed E-state index contributed by atoms with van der Waals surface area (Å²) in [5, 5.41) is 11.8. The van der Waals surface area contributed by atoms with E-state index in [4.69, 9.17) is 4.74 Å².